The molecule has 1 aliphatic carbocycles. The lowest BCUT2D eigenvalue weighted by atomic mass is 9.97. The maximum Gasteiger partial charge on any atom is 0.242 e. The van der Waals surface area contributed by atoms with Crippen LogP contribution in [0.2, 0.25) is 5.02 Å². The Morgan fingerprint density at radius 3 is 2.76 bits per heavy atom. The zero-order valence-electron chi connectivity index (χ0n) is 12.1. The first kappa shape index (κ1) is 16.3. The number of rotatable bonds is 6. The molecule has 0 saturated heterocycles. The second kappa shape index (κ2) is 7.29. The second-order valence-corrected chi connectivity index (χ2v) is 7.19. The fourth-order valence-electron chi connectivity index (χ4n) is 2.38. The predicted molar refractivity (Wildman–Crippen MR) is 84.4 cm³/mol. The van der Waals surface area contributed by atoms with Crippen LogP contribution in [-0.2, 0) is 10.0 Å². The number of sulfonamides is 1. The van der Waals surface area contributed by atoms with Crippen LogP contribution in [0.25, 0.3) is 0 Å². The van der Waals surface area contributed by atoms with Gasteiger partial charge in [-0.3, -0.25) is 0 Å². The van der Waals surface area contributed by atoms with Crippen molar-refractivity contribution in [2.75, 3.05) is 13.7 Å². The number of allylic oxidation sites excluding steroid dienone is 1. The third kappa shape index (κ3) is 4.46. The molecule has 0 saturated carbocycles. The van der Waals surface area contributed by atoms with Crippen molar-refractivity contribution in [2.24, 2.45) is 0 Å². The molecule has 21 heavy (non-hydrogen) atoms. The van der Waals surface area contributed by atoms with Crippen LogP contribution < -0.4 is 9.46 Å². The van der Waals surface area contributed by atoms with E-state index in [1.54, 1.807) is 6.07 Å². The summed E-state index contributed by atoms with van der Waals surface area (Å²) in [5, 5.41) is 0.165. The first-order chi connectivity index (χ1) is 10.0. The zero-order chi connectivity index (χ0) is 15.3. The van der Waals surface area contributed by atoms with Crippen LogP contribution in [0.1, 0.15) is 32.1 Å². The number of hydrogen-bond donors (Lipinski definition) is 1. The second-order valence-electron chi connectivity index (χ2n) is 5.05. The number of benzene rings is 1. The lowest BCUT2D eigenvalue weighted by molar-refractivity contribution is 0.414. The van der Waals surface area contributed by atoms with Gasteiger partial charge >= 0.3 is 0 Å². The van der Waals surface area contributed by atoms with Gasteiger partial charge in [-0.25, -0.2) is 13.1 Å². The fraction of sp³-hybridized carbons (Fsp3) is 0.467. The molecular formula is C15H20ClNO3S. The van der Waals surface area contributed by atoms with Crippen LogP contribution in [0.3, 0.4) is 0 Å². The maximum absolute atomic E-state index is 12.2. The van der Waals surface area contributed by atoms with E-state index >= 15 is 0 Å². The molecule has 2 rings (SSSR count). The molecule has 6 heteroatoms. The van der Waals surface area contributed by atoms with E-state index in [2.05, 4.69) is 10.8 Å². The van der Waals surface area contributed by atoms with Crippen molar-refractivity contribution in [3.05, 3.63) is 34.9 Å². The SMILES string of the molecule is COc1ccc(S(=O)(=O)NCCC2=CCCCC2)c(Cl)c1. The Morgan fingerprint density at radius 1 is 1.33 bits per heavy atom. The number of nitrogens with one attached hydrogen (secondary N) is 1. The first-order valence-electron chi connectivity index (χ1n) is 7.04. The largest absolute Gasteiger partial charge is 0.497 e. The van der Waals surface area contributed by atoms with Gasteiger partial charge in [-0.05, 0) is 44.2 Å². The van der Waals surface area contributed by atoms with Crippen molar-refractivity contribution in [1.29, 1.82) is 0 Å². The number of ether oxygens (including phenoxy) is 1. The molecule has 0 spiro atoms. The van der Waals surface area contributed by atoms with E-state index in [1.807, 2.05) is 0 Å². The standard InChI is InChI=1S/C15H20ClNO3S/c1-20-13-7-8-15(14(16)11-13)21(18,19)17-10-9-12-5-3-2-4-6-12/h5,7-8,11,17H,2-4,6,9-10H2,1H3. The zero-order valence-corrected chi connectivity index (χ0v) is 13.6. The number of hydrogen-bond acceptors (Lipinski definition) is 3. The van der Waals surface area contributed by atoms with Gasteiger partial charge in [0.15, 0.2) is 0 Å². The van der Waals surface area contributed by atoms with E-state index in [4.69, 9.17) is 16.3 Å². The Bertz CT molecular complexity index is 626. The van der Waals surface area contributed by atoms with E-state index in [0.717, 1.165) is 19.3 Å². The third-order valence-corrected chi connectivity index (χ3v) is 5.50. The third-order valence-electron chi connectivity index (χ3n) is 3.55. The Hall–Kier alpha value is -1.04. The first-order valence-corrected chi connectivity index (χ1v) is 8.90. The van der Waals surface area contributed by atoms with Crippen molar-refractivity contribution in [2.45, 2.75) is 37.0 Å². The normalized spacial score (nSPS) is 15.6. The van der Waals surface area contributed by atoms with E-state index in [1.165, 1.54) is 37.7 Å². The monoisotopic (exact) mass is 329 g/mol. The minimum Gasteiger partial charge on any atom is -0.497 e. The summed E-state index contributed by atoms with van der Waals surface area (Å²) < 4.78 is 32.1. The summed E-state index contributed by atoms with van der Waals surface area (Å²) in [7, 11) is -2.07. The Morgan fingerprint density at radius 2 is 2.14 bits per heavy atom. The minimum absolute atomic E-state index is 0.0857. The molecule has 116 valence electrons. The van der Waals surface area contributed by atoms with Gasteiger partial charge in [0, 0.05) is 12.6 Å². The van der Waals surface area contributed by atoms with Crippen molar-refractivity contribution < 1.29 is 13.2 Å². The van der Waals surface area contributed by atoms with Crippen molar-refractivity contribution >= 4 is 21.6 Å². The van der Waals surface area contributed by atoms with Crippen molar-refractivity contribution in [3.63, 3.8) is 0 Å². The van der Waals surface area contributed by atoms with Gasteiger partial charge in [0.1, 0.15) is 10.6 Å². The molecule has 0 fully saturated rings. The summed E-state index contributed by atoms with van der Waals surface area (Å²) in [6.07, 6.45) is 7.59. The summed E-state index contributed by atoms with van der Waals surface area (Å²) in [4.78, 5) is 0.0857. The quantitative estimate of drug-likeness (QED) is 0.812. The highest BCUT2D eigenvalue weighted by molar-refractivity contribution is 7.89. The van der Waals surface area contributed by atoms with Gasteiger partial charge in [-0.15, -0.1) is 0 Å². The maximum atomic E-state index is 12.2. The van der Waals surface area contributed by atoms with Gasteiger partial charge in [-0.1, -0.05) is 23.3 Å². The van der Waals surface area contributed by atoms with Crippen molar-refractivity contribution in [3.8, 4) is 5.75 Å². The Kier molecular flexibility index (Phi) is 5.67. The van der Waals surface area contributed by atoms with E-state index in [9.17, 15) is 8.42 Å². The van der Waals surface area contributed by atoms with Gasteiger partial charge in [-0.2, -0.15) is 0 Å². The van der Waals surface area contributed by atoms with Gasteiger partial charge in [0.05, 0.1) is 12.1 Å². The smallest absolute Gasteiger partial charge is 0.242 e. The summed E-state index contributed by atoms with van der Waals surface area (Å²) in [5.41, 5.74) is 1.34. The number of methoxy groups -OCH3 is 1. The average molecular weight is 330 g/mol. The molecule has 1 aromatic rings. The molecule has 0 heterocycles. The summed E-state index contributed by atoms with van der Waals surface area (Å²) in [6.45, 7) is 0.399. The van der Waals surface area contributed by atoms with E-state index in [-0.39, 0.29) is 9.92 Å². The molecule has 4 nitrogen and oxygen atoms in total. The van der Waals surface area contributed by atoms with Crippen LogP contribution >= 0.6 is 11.6 Å². The van der Waals surface area contributed by atoms with Gasteiger partial charge in [0.25, 0.3) is 0 Å². The van der Waals surface area contributed by atoms with Crippen LogP contribution in [0, 0.1) is 0 Å². The van der Waals surface area contributed by atoms with Crippen LogP contribution in [0.4, 0.5) is 0 Å². The fourth-order valence-corrected chi connectivity index (χ4v) is 3.95. The molecule has 0 radical (unpaired) electrons. The van der Waals surface area contributed by atoms with Gasteiger partial charge < -0.3 is 4.74 Å². The highest BCUT2D eigenvalue weighted by atomic mass is 35.5. The topological polar surface area (TPSA) is 55.4 Å². The summed E-state index contributed by atoms with van der Waals surface area (Å²) >= 11 is 6.01. The molecule has 0 aromatic heterocycles. The summed E-state index contributed by atoms with van der Waals surface area (Å²) in [5.74, 6) is 0.534. The van der Waals surface area contributed by atoms with Crippen LogP contribution in [-0.4, -0.2) is 22.1 Å². The lowest BCUT2D eigenvalue weighted by Crippen LogP contribution is -2.25. The van der Waals surface area contributed by atoms with E-state index in [0.29, 0.717) is 12.3 Å². The highest BCUT2D eigenvalue weighted by Crippen LogP contribution is 2.26. The Balaban J connectivity index is 1.99. The Labute approximate surface area is 131 Å². The number of halogens is 1. The highest BCUT2D eigenvalue weighted by Gasteiger charge is 2.18. The molecule has 1 aliphatic rings. The molecular weight excluding hydrogens is 310 g/mol. The molecule has 0 amide bonds. The molecule has 0 aliphatic heterocycles. The van der Waals surface area contributed by atoms with E-state index < -0.39 is 10.0 Å². The lowest BCUT2D eigenvalue weighted by Gasteiger charge is -2.13. The molecule has 1 aromatic carbocycles. The summed E-state index contributed by atoms with van der Waals surface area (Å²) in [6, 6.07) is 4.55. The predicted octanol–water partition coefficient (Wildman–Crippen LogP) is 3.52. The molecule has 0 bridgehead atoms. The molecule has 0 unspecified atom stereocenters. The van der Waals surface area contributed by atoms with Crippen LogP contribution in [0.15, 0.2) is 34.7 Å². The average Bonchev–Trinajstić information content (AvgIpc) is 2.47. The van der Waals surface area contributed by atoms with Gasteiger partial charge in [0.2, 0.25) is 10.0 Å². The van der Waals surface area contributed by atoms with Crippen LogP contribution in [0.5, 0.6) is 5.75 Å². The molecule has 1 N–H and O–H groups in total. The molecule has 0 atom stereocenters. The minimum atomic E-state index is -3.58. The van der Waals surface area contributed by atoms with Crippen molar-refractivity contribution in [1.82, 2.24) is 4.72 Å².